The van der Waals surface area contributed by atoms with Gasteiger partial charge in [0.1, 0.15) is 17.7 Å². The van der Waals surface area contributed by atoms with Crippen LogP contribution in [-0.2, 0) is 16.0 Å². The molecule has 2 atom stereocenters. The first-order chi connectivity index (χ1) is 14.5. The van der Waals surface area contributed by atoms with Gasteiger partial charge in [-0.15, -0.1) is 0 Å². The number of ether oxygens (including phenoxy) is 1. The van der Waals surface area contributed by atoms with Gasteiger partial charge in [-0.1, -0.05) is 36.4 Å². The van der Waals surface area contributed by atoms with Crippen LogP contribution in [0.1, 0.15) is 30.9 Å². The van der Waals surface area contributed by atoms with Gasteiger partial charge in [0.15, 0.2) is 11.7 Å². The normalized spacial score (nSPS) is 19.1. The van der Waals surface area contributed by atoms with E-state index in [1.165, 1.54) is 12.3 Å². The van der Waals surface area contributed by atoms with Crippen molar-refractivity contribution in [3.63, 3.8) is 0 Å². The summed E-state index contributed by atoms with van der Waals surface area (Å²) in [6.45, 7) is 2.93. The molecule has 1 fully saturated rings. The predicted molar refractivity (Wildman–Crippen MR) is 106 cm³/mol. The van der Waals surface area contributed by atoms with E-state index in [1.807, 2.05) is 37.3 Å². The summed E-state index contributed by atoms with van der Waals surface area (Å²) in [4.78, 5) is 18.6. The molecule has 1 aromatic heterocycles. The van der Waals surface area contributed by atoms with E-state index in [1.54, 1.807) is 4.90 Å². The Balaban J connectivity index is 1.39. The molecule has 3 aromatic rings. The smallest absolute Gasteiger partial charge is 0.223 e. The molecular formula is C23H22F2N2O3. The van der Waals surface area contributed by atoms with E-state index in [0.29, 0.717) is 13.1 Å². The van der Waals surface area contributed by atoms with Crippen LogP contribution < -0.4 is 0 Å². The van der Waals surface area contributed by atoms with E-state index in [9.17, 15) is 13.6 Å². The van der Waals surface area contributed by atoms with Gasteiger partial charge in [-0.25, -0.2) is 13.8 Å². The van der Waals surface area contributed by atoms with Gasteiger partial charge in [-0.05, 0) is 24.6 Å². The van der Waals surface area contributed by atoms with Crippen LogP contribution in [0, 0.1) is 11.6 Å². The average Bonchev–Trinajstić information content (AvgIpc) is 3.20. The number of oxazole rings is 1. The number of aryl methyl sites for hydroxylation is 1. The molecular weight excluding hydrogens is 390 g/mol. The molecule has 4 rings (SSSR count). The lowest BCUT2D eigenvalue weighted by atomic mass is 10.1. The molecule has 0 N–H and O–H groups in total. The van der Waals surface area contributed by atoms with E-state index >= 15 is 0 Å². The lowest BCUT2D eigenvalue weighted by molar-refractivity contribution is -0.144. The number of aromatic nitrogens is 1. The molecule has 0 aliphatic carbocycles. The second-order valence-corrected chi connectivity index (χ2v) is 7.36. The minimum Gasteiger partial charge on any atom is -0.441 e. The molecule has 1 aliphatic heterocycles. The fourth-order valence-electron chi connectivity index (χ4n) is 3.65. The lowest BCUT2D eigenvalue weighted by Gasteiger charge is -2.37. The monoisotopic (exact) mass is 412 g/mol. The fraction of sp³-hybridized carbons (Fsp3) is 0.304. The van der Waals surface area contributed by atoms with Crippen LogP contribution in [0.3, 0.4) is 0 Å². The van der Waals surface area contributed by atoms with Crippen LogP contribution in [0.15, 0.2) is 59.1 Å². The van der Waals surface area contributed by atoms with E-state index in [4.69, 9.17) is 9.15 Å². The van der Waals surface area contributed by atoms with Crippen molar-refractivity contribution < 1.29 is 22.7 Å². The predicted octanol–water partition coefficient (Wildman–Crippen LogP) is 4.54. The number of halogens is 2. The largest absolute Gasteiger partial charge is 0.441 e. The zero-order valence-corrected chi connectivity index (χ0v) is 16.6. The zero-order valence-electron chi connectivity index (χ0n) is 16.6. The molecule has 0 spiro atoms. The Labute approximate surface area is 173 Å². The van der Waals surface area contributed by atoms with Crippen molar-refractivity contribution in [1.29, 1.82) is 0 Å². The van der Waals surface area contributed by atoms with Crippen molar-refractivity contribution in [2.75, 3.05) is 13.1 Å². The van der Waals surface area contributed by atoms with Gasteiger partial charge < -0.3 is 14.1 Å². The van der Waals surface area contributed by atoms with Crippen molar-refractivity contribution in [2.24, 2.45) is 0 Å². The molecule has 0 radical (unpaired) electrons. The summed E-state index contributed by atoms with van der Waals surface area (Å²) < 4.78 is 39.3. The number of hydrogen-bond donors (Lipinski definition) is 0. The topological polar surface area (TPSA) is 55.6 Å². The minimum absolute atomic E-state index is 0.0113. The molecule has 1 saturated heterocycles. The van der Waals surface area contributed by atoms with Gasteiger partial charge in [0.25, 0.3) is 0 Å². The molecule has 2 aromatic carbocycles. The molecule has 2 unspecified atom stereocenters. The number of carbonyl (C=O) groups is 1. The molecule has 30 heavy (non-hydrogen) atoms. The maximum Gasteiger partial charge on any atom is 0.223 e. The van der Waals surface area contributed by atoms with Gasteiger partial charge in [0, 0.05) is 19.4 Å². The molecule has 1 aliphatic rings. The Bertz CT molecular complexity index is 1000. The highest BCUT2D eigenvalue weighted by atomic mass is 19.1. The summed E-state index contributed by atoms with van der Waals surface area (Å²) in [6.07, 6.45) is 1.47. The third-order valence-electron chi connectivity index (χ3n) is 5.10. The number of hydrogen-bond acceptors (Lipinski definition) is 4. The fourth-order valence-corrected chi connectivity index (χ4v) is 3.65. The number of amides is 1. The highest BCUT2D eigenvalue weighted by Gasteiger charge is 2.29. The van der Waals surface area contributed by atoms with Crippen molar-refractivity contribution in [3.8, 4) is 11.3 Å². The molecule has 0 bridgehead atoms. The van der Waals surface area contributed by atoms with Crippen molar-refractivity contribution in [1.82, 2.24) is 9.88 Å². The third kappa shape index (κ3) is 4.41. The summed E-state index contributed by atoms with van der Waals surface area (Å²) in [7, 11) is 0. The number of benzene rings is 2. The van der Waals surface area contributed by atoms with E-state index < -0.39 is 11.6 Å². The summed E-state index contributed by atoms with van der Waals surface area (Å²) in [5.74, 6) is -1.20. The Hall–Kier alpha value is -3.06. The number of nitrogens with zero attached hydrogens (tertiary/aromatic N) is 2. The second kappa shape index (κ2) is 8.75. The first kappa shape index (κ1) is 20.2. The summed E-state index contributed by atoms with van der Waals surface area (Å²) >= 11 is 0. The third-order valence-corrected chi connectivity index (χ3v) is 5.10. The van der Waals surface area contributed by atoms with E-state index in [0.717, 1.165) is 17.7 Å². The van der Waals surface area contributed by atoms with Crippen LogP contribution in [0.5, 0.6) is 0 Å². The van der Waals surface area contributed by atoms with Crippen molar-refractivity contribution in [3.05, 3.63) is 77.8 Å². The van der Waals surface area contributed by atoms with Gasteiger partial charge in [0.2, 0.25) is 5.91 Å². The first-order valence-corrected chi connectivity index (χ1v) is 9.88. The van der Waals surface area contributed by atoms with Gasteiger partial charge in [-0.2, -0.15) is 0 Å². The standard InChI is InChI=1S/C23H22F2N2O3/c1-15-13-27(14-20(29-15)16-6-3-2-4-7-16)22(28)11-10-21-26-12-19(30-21)23-17(24)8-5-9-18(23)25/h2-9,12,15,20H,10-11,13-14H2,1H3. The summed E-state index contributed by atoms with van der Waals surface area (Å²) in [5, 5.41) is 0. The number of carbonyl (C=O) groups excluding carboxylic acids is 1. The molecule has 0 saturated carbocycles. The molecule has 5 nitrogen and oxygen atoms in total. The van der Waals surface area contributed by atoms with Crippen LogP contribution in [0.4, 0.5) is 8.78 Å². The number of morpholine rings is 1. The Morgan fingerprint density at radius 1 is 1.10 bits per heavy atom. The quantitative estimate of drug-likeness (QED) is 0.617. The summed E-state index contributed by atoms with van der Waals surface area (Å²) in [6, 6.07) is 13.4. The molecule has 156 valence electrons. The highest BCUT2D eigenvalue weighted by Crippen LogP contribution is 2.28. The number of rotatable bonds is 5. The molecule has 1 amide bonds. The zero-order chi connectivity index (χ0) is 21.1. The SMILES string of the molecule is CC1CN(C(=O)CCc2ncc(-c3c(F)cccc3F)o2)CC(c2ccccc2)O1. The van der Waals surface area contributed by atoms with E-state index in [2.05, 4.69) is 4.98 Å². The lowest BCUT2D eigenvalue weighted by Crippen LogP contribution is -2.46. The average molecular weight is 412 g/mol. The van der Waals surface area contributed by atoms with Gasteiger partial charge in [-0.3, -0.25) is 4.79 Å². The Morgan fingerprint density at radius 2 is 1.83 bits per heavy atom. The maximum atomic E-state index is 13.9. The second-order valence-electron chi connectivity index (χ2n) is 7.36. The highest BCUT2D eigenvalue weighted by molar-refractivity contribution is 5.76. The minimum atomic E-state index is -0.719. The molecule has 7 heteroatoms. The van der Waals surface area contributed by atoms with Gasteiger partial charge >= 0.3 is 0 Å². The van der Waals surface area contributed by atoms with Crippen LogP contribution in [0.2, 0.25) is 0 Å². The summed E-state index contributed by atoms with van der Waals surface area (Å²) in [5.41, 5.74) is 0.779. The van der Waals surface area contributed by atoms with Crippen LogP contribution in [-0.4, -0.2) is 35.0 Å². The molecule has 2 heterocycles. The van der Waals surface area contributed by atoms with Crippen LogP contribution >= 0.6 is 0 Å². The Kier molecular flexibility index (Phi) is 5.90. The van der Waals surface area contributed by atoms with E-state index in [-0.39, 0.29) is 48.2 Å². The maximum absolute atomic E-state index is 13.9. The van der Waals surface area contributed by atoms with Gasteiger partial charge in [0.05, 0.1) is 24.4 Å². The first-order valence-electron chi connectivity index (χ1n) is 9.88. The van der Waals surface area contributed by atoms with Crippen molar-refractivity contribution >= 4 is 5.91 Å². The van der Waals surface area contributed by atoms with Crippen molar-refractivity contribution in [2.45, 2.75) is 32.0 Å². The Morgan fingerprint density at radius 3 is 2.57 bits per heavy atom. The van der Waals surface area contributed by atoms with Crippen LogP contribution in [0.25, 0.3) is 11.3 Å².